The summed E-state index contributed by atoms with van der Waals surface area (Å²) >= 11 is 0. The molecule has 35 heavy (non-hydrogen) atoms. The van der Waals surface area contributed by atoms with E-state index in [1.54, 1.807) is 0 Å². The van der Waals surface area contributed by atoms with Gasteiger partial charge in [-0.15, -0.1) is 0 Å². The lowest BCUT2D eigenvalue weighted by atomic mass is 9.97. The van der Waals surface area contributed by atoms with Crippen LogP contribution in [0.3, 0.4) is 0 Å². The van der Waals surface area contributed by atoms with Crippen LogP contribution in [0, 0.1) is 0 Å². The molecule has 0 radical (unpaired) electrons. The number of nitrogens with one attached hydrogen (secondary N) is 1. The van der Waals surface area contributed by atoms with Gasteiger partial charge in [-0.1, -0.05) is 50.3 Å². The van der Waals surface area contributed by atoms with Gasteiger partial charge in [0.1, 0.15) is 11.9 Å². The quantitative estimate of drug-likeness (QED) is 0.210. The van der Waals surface area contributed by atoms with E-state index in [-0.39, 0.29) is 0 Å². The van der Waals surface area contributed by atoms with Gasteiger partial charge in [0.2, 0.25) is 0 Å². The van der Waals surface area contributed by atoms with Crippen molar-refractivity contribution in [2.45, 2.75) is 73.3 Å². The van der Waals surface area contributed by atoms with Crippen LogP contribution >= 0.6 is 0 Å². The molecule has 188 valence electrons. The Kier molecular flexibility index (Phi) is 9.67. The molecule has 0 saturated carbocycles. The molecular weight excluding hydrogens is 437 g/mol. The van der Waals surface area contributed by atoms with Crippen LogP contribution in [-0.4, -0.2) is 23.8 Å². The maximum atomic E-state index is 15.0. The van der Waals surface area contributed by atoms with E-state index in [1.807, 2.05) is 45.9 Å². The lowest BCUT2D eigenvalue weighted by molar-refractivity contribution is 0.158. The molecule has 2 aromatic carbocycles. The van der Waals surface area contributed by atoms with Gasteiger partial charge in [-0.05, 0) is 74.1 Å². The van der Waals surface area contributed by atoms with E-state index in [0.29, 0.717) is 19.7 Å². The van der Waals surface area contributed by atoms with Crippen LogP contribution in [-0.2, 0) is 19.6 Å². The van der Waals surface area contributed by atoms with Crippen molar-refractivity contribution in [3.8, 4) is 5.75 Å². The summed E-state index contributed by atoms with van der Waals surface area (Å²) in [6.07, 6.45) is 1.10. The van der Waals surface area contributed by atoms with Crippen molar-refractivity contribution in [3.05, 3.63) is 88.3 Å². The molecule has 1 atom stereocenters. The number of ether oxygens (including phenoxy) is 1. The molecule has 1 unspecified atom stereocenters. The molecule has 4 nitrogen and oxygen atoms in total. The molecule has 0 fully saturated rings. The minimum atomic E-state index is -0.997. The highest BCUT2D eigenvalue weighted by Crippen LogP contribution is 2.33. The third kappa shape index (κ3) is 7.79. The molecule has 0 spiro atoms. The highest BCUT2D eigenvalue weighted by molar-refractivity contribution is 5.80. The topological polar surface area (TPSA) is 36.9 Å². The van der Waals surface area contributed by atoms with Crippen molar-refractivity contribution in [3.63, 3.8) is 0 Å². The second-order valence-electron chi connectivity index (χ2n) is 9.62. The summed E-state index contributed by atoms with van der Waals surface area (Å²) in [7, 11) is 0. The summed E-state index contributed by atoms with van der Waals surface area (Å²) in [5.74, 6) is 0.772. The fourth-order valence-electron chi connectivity index (χ4n) is 4.18. The van der Waals surface area contributed by atoms with Gasteiger partial charge in [-0.2, -0.15) is 0 Å². The third-order valence-corrected chi connectivity index (χ3v) is 6.36. The minimum Gasteiger partial charge on any atom is -0.494 e. The normalized spacial score (nSPS) is 16.2. The summed E-state index contributed by atoms with van der Waals surface area (Å²) in [5, 5.41) is 3.40. The van der Waals surface area contributed by atoms with Gasteiger partial charge >= 0.3 is 0 Å². The summed E-state index contributed by atoms with van der Waals surface area (Å²) in [6, 6.07) is 14.4. The minimum absolute atomic E-state index is 0.402. The van der Waals surface area contributed by atoms with Gasteiger partial charge in [0.15, 0.2) is 0 Å². The summed E-state index contributed by atoms with van der Waals surface area (Å²) in [4.78, 5) is 6.69. The summed E-state index contributed by atoms with van der Waals surface area (Å²) < 4.78 is 20.8. The van der Waals surface area contributed by atoms with Crippen LogP contribution in [0.4, 0.5) is 4.39 Å². The highest BCUT2D eigenvalue weighted by atomic mass is 19.1. The van der Waals surface area contributed by atoms with Crippen LogP contribution in [0.15, 0.2) is 71.0 Å². The Balaban J connectivity index is 1.55. The van der Waals surface area contributed by atoms with E-state index in [2.05, 4.69) is 53.0 Å². The summed E-state index contributed by atoms with van der Waals surface area (Å²) in [6.45, 7) is 17.6. The number of nitrogens with zero attached hydrogens (tertiary/aromatic N) is 2. The summed E-state index contributed by atoms with van der Waals surface area (Å²) in [5.41, 5.74) is 8.14. The molecule has 1 aliphatic rings. The second-order valence-corrected chi connectivity index (χ2v) is 9.62. The number of benzene rings is 2. The Morgan fingerprint density at radius 3 is 2.51 bits per heavy atom. The molecule has 1 N–H and O–H groups in total. The molecule has 2 aromatic rings. The maximum Gasteiger partial charge on any atom is 0.138 e. The van der Waals surface area contributed by atoms with Gasteiger partial charge in [-0.3, -0.25) is 9.89 Å². The van der Waals surface area contributed by atoms with Crippen molar-refractivity contribution in [1.82, 2.24) is 10.2 Å². The zero-order valence-electron chi connectivity index (χ0n) is 22.0. The van der Waals surface area contributed by atoms with Crippen LogP contribution in [0.25, 0.3) is 0 Å². The van der Waals surface area contributed by atoms with Crippen LogP contribution in [0.1, 0.15) is 75.9 Å². The van der Waals surface area contributed by atoms with Crippen molar-refractivity contribution in [1.29, 1.82) is 0 Å². The molecule has 1 aliphatic heterocycles. The number of halogens is 1. The van der Waals surface area contributed by atoms with Crippen molar-refractivity contribution in [2.24, 2.45) is 4.99 Å². The van der Waals surface area contributed by atoms with Gasteiger partial charge in [0.05, 0.1) is 6.61 Å². The first-order chi connectivity index (χ1) is 16.8. The van der Waals surface area contributed by atoms with E-state index in [0.717, 1.165) is 65.5 Å². The molecule has 0 saturated heterocycles. The van der Waals surface area contributed by atoms with Crippen LogP contribution in [0.2, 0.25) is 0 Å². The van der Waals surface area contributed by atoms with Crippen molar-refractivity contribution in [2.75, 3.05) is 13.2 Å². The monoisotopic (exact) mass is 477 g/mol. The molecule has 1 heterocycles. The first kappa shape index (κ1) is 26.7. The Bertz CT molecular complexity index is 1070. The van der Waals surface area contributed by atoms with E-state index in [1.165, 1.54) is 11.1 Å². The lowest BCUT2D eigenvalue weighted by Gasteiger charge is -2.31. The highest BCUT2D eigenvalue weighted by Gasteiger charge is 2.25. The smallest absolute Gasteiger partial charge is 0.138 e. The molecule has 0 amide bonds. The fraction of sp³-hybridized carbons (Fsp3) is 0.433. The average molecular weight is 478 g/mol. The SMILES string of the molecule is C=C(NCc1ccc(CN2Cc3ccc(OCCCC)cc3C(F)C2)cc1)/C(C)=C(\C)N=C(C)C. The van der Waals surface area contributed by atoms with E-state index in [4.69, 9.17) is 4.74 Å². The Morgan fingerprint density at radius 1 is 1.11 bits per heavy atom. The molecule has 0 bridgehead atoms. The zero-order chi connectivity index (χ0) is 25.4. The number of fused-ring (bicyclic) bond motifs is 1. The van der Waals surface area contributed by atoms with Gasteiger partial charge in [0, 0.05) is 43.3 Å². The lowest BCUT2D eigenvalue weighted by Crippen LogP contribution is -2.31. The van der Waals surface area contributed by atoms with Crippen molar-refractivity contribution < 1.29 is 9.13 Å². The number of alkyl halides is 1. The standard InChI is InChI=1S/C30H40FN3O/c1-7-8-15-35-28-14-13-27-19-34(20-30(31)29(27)16-28)18-26-11-9-25(10-12-26)17-32-23(5)22(4)24(6)33-21(2)3/h9-14,16,30,32H,5,7-8,15,17-20H2,1-4,6H3/b24-22+. The Morgan fingerprint density at radius 2 is 1.83 bits per heavy atom. The Hall–Kier alpha value is -2.92. The maximum absolute atomic E-state index is 15.0. The molecule has 0 aliphatic carbocycles. The number of aliphatic imine (C=N–C) groups is 1. The van der Waals surface area contributed by atoms with E-state index < -0.39 is 6.17 Å². The van der Waals surface area contributed by atoms with Crippen LogP contribution < -0.4 is 10.1 Å². The largest absolute Gasteiger partial charge is 0.494 e. The predicted octanol–water partition coefficient (Wildman–Crippen LogP) is 7.27. The number of allylic oxidation sites excluding steroid dienone is 2. The Labute approximate surface area is 210 Å². The third-order valence-electron chi connectivity index (χ3n) is 6.36. The first-order valence-corrected chi connectivity index (χ1v) is 12.6. The molecule has 0 aromatic heterocycles. The van der Waals surface area contributed by atoms with Crippen LogP contribution in [0.5, 0.6) is 5.75 Å². The average Bonchev–Trinajstić information content (AvgIpc) is 2.83. The van der Waals surface area contributed by atoms with Gasteiger partial charge in [0.25, 0.3) is 0 Å². The number of hydrogen-bond acceptors (Lipinski definition) is 4. The number of hydrogen-bond donors (Lipinski definition) is 1. The van der Waals surface area contributed by atoms with Gasteiger partial charge in [-0.25, -0.2) is 4.39 Å². The number of unbranched alkanes of at least 4 members (excludes halogenated alkanes) is 1. The fourth-order valence-corrected chi connectivity index (χ4v) is 4.18. The molecule has 5 heteroatoms. The zero-order valence-corrected chi connectivity index (χ0v) is 22.0. The van der Waals surface area contributed by atoms with Crippen molar-refractivity contribution >= 4 is 5.71 Å². The first-order valence-electron chi connectivity index (χ1n) is 12.6. The van der Waals surface area contributed by atoms with Gasteiger partial charge < -0.3 is 10.1 Å². The number of rotatable bonds is 11. The van der Waals surface area contributed by atoms with E-state index in [9.17, 15) is 0 Å². The second kappa shape index (κ2) is 12.7. The molecular formula is C30H40FN3O. The van der Waals surface area contributed by atoms with E-state index >= 15 is 4.39 Å². The molecule has 3 rings (SSSR count). The predicted molar refractivity (Wildman–Crippen MR) is 144 cm³/mol.